The Labute approximate surface area is 336 Å². The Bertz CT molecular complexity index is 2140. The molecule has 15 heteroatoms. The Balaban J connectivity index is 1.13. The zero-order chi connectivity index (χ0) is 40.7. The molecule has 0 radical (unpaired) electrons. The van der Waals surface area contributed by atoms with Gasteiger partial charge in [0.05, 0.1) is 48.4 Å². The Morgan fingerprint density at radius 3 is 1.63 bits per heavy atom. The molecule has 0 spiro atoms. The average molecular weight is 797 g/mol. The molecule has 0 unspecified atom stereocenters. The minimum Gasteiger partial charge on any atom is -0.453 e. The molecule has 2 aromatic carbocycles. The zero-order valence-corrected chi connectivity index (χ0v) is 34.7. The van der Waals surface area contributed by atoms with Crippen LogP contribution in [0, 0.1) is 11.8 Å². The van der Waals surface area contributed by atoms with Crippen molar-refractivity contribution >= 4 is 57.4 Å². The van der Waals surface area contributed by atoms with E-state index in [1.54, 1.807) is 25.4 Å². The molecule has 5 heterocycles. The summed E-state index contributed by atoms with van der Waals surface area (Å²) in [6.45, 7) is 8.93. The van der Waals surface area contributed by atoms with Crippen molar-refractivity contribution in [2.24, 2.45) is 11.8 Å². The molecule has 5 aromatic rings. The monoisotopic (exact) mass is 796 g/mol. The summed E-state index contributed by atoms with van der Waals surface area (Å²) < 4.78 is 9.86. The van der Waals surface area contributed by atoms with Crippen LogP contribution in [0.1, 0.15) is 77.1 Å². The summed E-state index contributed by atoms with van der Waals surface area (Å²) in [6.07, 6.45) is 2.16. The van der Waals surface area contributed by atoms with Gasteiger partial charge in [-0.15, -0.1) is 11.3 Å². The molecule has 0 saturated carbocycles. The number of methoxy groups -OCH3 is 2. The molecule has 2 aliphatic heterocycles. The predicted octanol–water partition coefficient (Wildman–Crippen LogP) is 7.61. The first-order valence-electron chi connectivity index (χ1n) is 19.6. The number of carbonyl (C=O) groups is 4. The van der Waals surface area contributed by atoms with Gasteiger partial charge in [0, 0.05) is 37.6 Å². The Morgan fingerprint density at radius 1 is 0.719 bits per heavy atom. The lowest BCUT2D eigenvalue weighted by Gasteiger charge is -2.34. The number of hydrogen-bond donors (Lipinski definition) is 2. The van der Waals surface area contributed by atoms with Crippen LogP contribution in [0.3, 0.4) is 0 Å². The quantitative estimate of drug-likeness (QED) is 0.146. The van der Waals surface area contributed by atoms with Crippen LogP contribution in [0.2, 0.25) is 0 Å². The second-order valence-corrected chi connectivity index (χ2v) is 16.7. The van der Waals surface area contributed by atoms with Gasteiger partial charge in [0.2, 0.25) is 11.8 Å². The molecule has 7 rings (SSSR count). The number of carbonyl (C=O) groups excluding carboxylic acids is 4. The number of nitrogens with zero attached hydrogens (tertiary/aromatic N) is 6. The largest absolute Gasteiger partial charge is 0.453 e. The van der Waals surface area contributed by atoms with E-state index in [0.29, 0.717) is 13.1 Å². The molecule has 14 nitrogen and oxygen atoms in total. The fourth-order valence-corrected chi connectivity index (χ4v) is 9.63. The van der Waals surface area contributed by atoms with Gasteiger partial charge in [0.1, 0.15) is 23.7 Å². The van der Waals surface area contributed by atoms with Gasteiger partial charge in [-0.05, 0) is 84.4 Å². The Hall–Kier alpha value is -5.44. The van der Waals surface area contributed by atoms with E-state index in [-0.39, 0.29) is 35.7 Å². The maximum atomic E-state index is 13.9. The highest BCUT2D eigenvalue weighted by Crippen LogP contribution is 2.40. The normalized spacial score (nSPS) is 18.1. The first-order valence-corrected chi connectivity index (χ1v) is 20.5. The molecule has 0 bridgehead atoms. The summed E-state index contributed by atoms with van der Waals surface area (Å²) in [7, 11) is 5.86. The van der Waals surface area contributed by atoms with E-state index in [2.05, 4.69) is 45.7 Å². The number of imidazole rings is 2. The highest BCUT2D eigenvalue weighted by molar-refractivity contribution is 7.14. The minimum absolute atomic E-state index is 0.101. The van der Waals surface area contributed by atoms with Gasteiger partial charge < -0.3 is 29.2 Å². The number of benzene rings is 2. The van der Waals surface area contributed by atoms with Crippen LogP contribution < -0.4 is 0 Å². The van der Waals surface area contributed by atoms with E-state index >= 15 is 0 Å². The lowest BCUT2D eigenvalue weighted by Crippen LogP contribution is -2.51. The summed E-state index contributed by atoms with van der Waals surface area (Å²) in [5, 5.41) is 2.09. The lowest BCUT2D eigenvalue weighted by molar-refractivity contribution is -0.139. The molecule has 2 fully saturated rings. The van der Waals surface area contributed by atoms with Crippen molar-refractivity contribution in [1.82, 2.24) is 39.5 Å². The number of thiophene rings is 1. The van der Waals surface area contributed by atoms with Crippen molar-refractivity contribution in [1.29, 1.82) is 0 Å². The maximum absolute atomic E-state index is 13.9. The molecular formula is C42H52N8O6S. The third kappa shape index (κ3) is 7.44. The molecular weight excluding hydrogens is 745 g/mol. The number of fused-ring (bicyclic) bond motifs is 2. The van der Waals surface area contributed by atoms with Crippen LogP contribution in [0.25, 0.3) is 43.6 Å². The van der Waals surface area contributed by atoms with Crippen molar-refractivity contribution in [3.63, 3.8) is 0 Å². The van der Waals surface area contributed by atoms with Crippen molar-refractivity contribution in [3.8, 4) is 21.6 Å². The third-order valence-electron chi connectivity index (χ3n) is 11.5. The average Bonchev–Trinajstić information content (AvgIpc) is 4.04. The number of amides is 4. The number of likely N-dealkylation sites (N-methyl/N-ethyl adjacent to an activating group) is 2. The topological polar surface area (TPSA) is 157 Å². The second-order valence-electron chi connectivity index (χ2n) is 15.8. The van der Waals surface area contributed by atoms with Gasteiger partial charge in [-0.25, -0.2) is 19.6 Å². The number of aromatic nitrogens is 4. The van der Waals surface area contributed by atoms with E-state index in [0.717, 1.165) is 81.0 Å². The molecule has 4 amide bonds. The fourth-order valence-electron chi connectivity index (χ4n) is 8.72. The fraction of sp³-hybridized carbons (Fsp3) is 0.476. The van der Waals surface area contributed by atoms with Gasteiger partial charge in [-0.3, -0.25) is 19.4 Å². The molecule has 2 N–H and O–H groups in total. The summed E-state index contributed by atoms with van der Waals surface area (Å²) in [6, 6.07) is 12.8. The molecule has 2 saturated heterocycles. The number of rotatable bonds is 10. The Morgan fingerprint density at radius 2 is 1.18 bits per heavy atom. The van der Waals surface area contributed by atoms with Gasteiger partial charge in [-0.2, -0.15) is 0 Å². The van der Waals surface area contributed by atoms with E-state index in [1.807, 2.05) is 49.6 Å². The minimum atomic E-state index is -0.649. The molecule has 57 heavy (non-hydrogen) atoms. The number of hydrogen-bond acceptors (Lipinski definition) is 9. The van der Waals surface area contributed by atoms with Gasteiger partial charge >= 0.3 is 12.2 Å². The van der Waals surface area contributed by atoms with Crippen molar-refractivity contribution in [3.05, 3.63) is 59.5 Å². The van der Waals surface area contributed by atoms with E-state index in [4.69, 9.17) is 19.4 Å². The number of nitrogens with one attached hydrogen (secondary N) is 2. The summed E-state index contributed by atoms with van der Waals surface area (Å²) >= 11 is 1.66. The second kappa shape index (κ2) is 16.2. The molecule has 302 valence electrons. The van der Waals surface area contributed by atoms with Gasteiger partial charge in [0.15, 0.2) is 0 Å². The van der Waals surface area contributed by atoms with E-state index < -0.39 is 24.3 Å². The zero-order valence-electron chi connectivity index (χ0n) is 33.9. The lowest BCUT2D eigenvalue weighted by atomic mass is 10.0. The number of aromatic amines is 2. The SMILES string of the molecule is COC(=O)N(C)[C@@H](C(=O)N1CCC[C@H]1c1nc2cc(-c3ccsc3-c3ccc4[nH]c([C@@H]5CCCN5C(=O)[C@@H](C(C)C)N(C)C(=O)OC)nc4c3)ccc2[nH]1)C(C)C. The van der Waals surface area contributed by atoms with Crippen LogP contribution in [0.5, 0.6) is 0 Å². The van der Waals surface area contributed by atoms with Crippen LogP contribution >= 0.6 is 11.3 Å². The van der Waals surface area contributed by atoms with Crippen LogP contribution in [-0.4, -0.2) is 117 Å². The van der Waals surface area contributed by atoms with Gasteiger partial charge in [-0.1, -0.05) is 39.8 Å². The van der Waals surface area contributed by atoms with Crippen LogP contribution in [0.4, 0.5) is 9.59 Å². The van der Waals surface area contributed by atoms with Crippen molar-refractivity contribution in [2.45, 2.75) is 77.5 Å². The van der Waals surface area contributed by atoms with Crippen molar-refractivity contribution in [2.75, 3.05) is 41.4 Å². The molecule has 0 aliphatic carbocycles. The summed E-state index contributed by atoms with van der Waals surface area (Å²) in [5.41, 5.74) is 6.53. The Kier molecular flexibility index (Phi) is 11.3. The third-order valence-corrected chi connectivity index (χ3v) is 12.4. The summed E-state index contributed by atoms with van der Waals surface area (Å²) in [4.78, 5) is 77.2. The molecule has 2 aliphatic rings. The maximum Gasteiger partial charge on any atom is 0.409 e. The molecule has 3 aromatic heterocycles. The highest BCUT2D eigenvalue weighted by Gasteiger charge is 2.41. The first-order chi connectivity index (χ1) is 27.3. The summed E-state index contributed by atoms with van der Waals surface area (Å²) in [5.74, 6) is 1.05. The van der Waals surface area contributed by atoms with E-state index in [9.17, 15) is 19.2 Å². The smallest absolute Gasteiger partial charge is 0.409 e. The van der Waals surface area contributed by atoms with Gasteiger partial charge in [0.25, 0.3) is 0 Å². The number of H-pyrrole nitrogens is 2. The highest BCUT2D eigenvalue weighted by atomic mass is 32.1. The first kappa shape index (κ1) is 39.8. The number of likely N-dealkylation sites (tertiary alicyclic amines) is 2. The molecule has 4 atom stereocenters. The van der Waals surface area contributed by atoms with Crippen molar-refractivity contribution < 1.29 is 28.7 Å². The number of ether oxygens (including phenoxy) is 2. The van der Waals surface area contributed by atoms with E-state index in [1.165, 1.54) is 24.0 Å². The predicted molar refractivity (Wildman–Crippen MR) is 219 cm³/mol. The van der Waals surface area contributed by atoms with Crippen LogP contribution in [-0.2, 0) is 19.1 Å². The standard InChI is InChI=1S/C42H52N8O6S/c1-23(2)34(47(5)41(53)55-7)39(51)49-18-9-11-32(49)37-43-28-15-13-25(21-30(28)45-37)27-17-20-57-36(27)26-14-16-29-31(22-26)46-38(44-29)33-12-10-19-50(33)40(52)35(24(3)4)48(6)42(54)56-8/h13-17,20-24,32-35H,9-12,18-19H2,1-8H3,(H,43,45)(H,44,46)/t32-,33-,34+,35+/m0/s1. The van der Waals surface area contributed by atoms with Crippen LogP contribution in [0.15, 0.2) is 47.8 Å².